The summed E-state index contributed by atoms with van der Waals surface area (Å²) in [6.45, 7) is 2.54. The predicted molar refractivity (Wildman–Crippen MR) is 147 cm³/mol. The van der Waals surface area contributed by atoms with Gasteiger partial charge in [0, 0.05) is 25.3 Å². The molecule has 0 radical (unpaired) electrons. The number of hydrogen-bond acceptors (Lipinski definition) is 7. The number of benzene rings is 3. The van der Waals surface area contributed by atoms with Crippen LogP contribution in [0.1, 0.15) is 30.5 Å². The molecule has 1 saturated heterocycles. The summed E-state index contributed by atoms with van der Waals surface area (Å²) in [4.78, 5) is 35.0. The predicted octanol–water partition coefficient (Wildman–Crippen LogP) is 5.78. The number of carbonyl (C=O) groups is 2. The van der Waals surface area contributed by atoms with Crippen LogP contribution in [0.15, 0.2) is 78.4 Å². The van der Waals surface area contributed by atoms with E-state index in [4.69, 9.17) is 4.74 Å². The van der Waals surface area contributed by atoms with Crippen LogP contribution in [-0.4, -0.2) is 42.5 Å². The molecular weight excluding hydrogens is 486 g/mol. The van der Waals surface area contributed by atoms with E-state index in [2.05, 4.69) is 4.98 Å². The SMILES string of the molecule is CCCOc1cccc(/C(O)=C2\C(=O)C(=O)N(c3nc4ccccc4s3)C2c2ccc(N(C)C)cc2)c1. The zero-order valence-electron chi connectivity index (χ0n) is 20.8. The molecule has 3 aromatic carbocycles. The number of aliphatic hydroxyl groups is 1. The van der Waals surface area contributed by atoms with Gasteiger partial charge in [-0.25, -0.2) is 4.98 Å². The minimum absolute atomic E-state index is 0.0227. The Morgan fingerprint density at radius 2 is 1.81 bits per heavy atom. The van der Waals surface area contributed by atoms with Gasteiger partial charge in [-0.1, -0.05) is 54.7 Å². The molecule has 1 amide bonds. The summed E-state index contributed by atoms with van der Waals surface area (Å²) in [6, 6.07) is 21.3. The van der Waals surface area contributed by atoms with E-state index in [-0.39, 0.29) is 11.3 Å². The molecule has 0 spiro atoms. The molecule has 1 fully saturated rings. The molecule has 0 bridgehead atoms. The smallest absolute Gasteiger partial charge is 0.301 e. The van der Waals surface area contributed by atoms with Gasteiger partial charge in [-0.3, -0.25) is 14.5 Å². The number of aromatic nitrogens is 1. The average Bonchev–Trinajstić information content (AvgIpc) is 3.45. The van der Waals surface area contributed by atoms with Crippen molar-refractivity contribution in [2.45, 2.75) is 19.4 Å². The number of amides is 1. The quantitative estimate of drug-likeness (QED) is 0.192. The first kappa shape index (κ1) is 24.5. The molecule has 4 aromatic rings. The molecule has 1 aromatic heterocycles. The molecule has 1 unspecified atom stereocenters. The third-order valence-corrected chi connectivity index (χ3v) is 7.27. The standard InChI is InChI=1S/C29H27N3O4S/c1-4-16-36-21-9-7-8-19(17-21)26(33)24-25(18-12-14-20(15-13-18)31(2)3)32(28(35)27(24)34)29-30-22-10-5-6-11-23(22)37-29/h5-15,17,25,33H,4,16H2,1-3H3/b26-24+. The fourth-order valence-corrected chi connectivity index (χ4v) is 5.36. The van der Waals surface area contributed by atoms with E-state index in [9.17, 15) is 14.7 Å². The molecule has 8 heteroatoms. The molecule has 5 rings (SSSR count). The average molecular weight is 514 g/mol. The third kappa shape index (κ3) is 4.56. The second kappa shape index (κ2) is 10.1. The maximum atomic E-state index is 13.5. The van der Waals surface area contributed by atoms with Crippen molar-refractivity contribution in [1.82, 2.24) is 4.98 Å². The summed E-state index contributed by atoms with van der Waals surface area (Å²) in [6.07, 6.45) is 0.840. The van der Waals surface area contributed by atoms with Gasteiger partial charge in [0.15, 0.2) is 5.13 Å². The Labute approximate surface area is 219 Å². The first-order valence-corrected chi connectivity index (χ1v) is 12.9. The Bertz CT molecular complexity index is 1470. The lowest BCUT2D eigenvalue weighted by Crippen LogP contribution is -2.29. The van der Waals surface area contributed by atoms with E-state index in [0.717, 1.165) is 22.3 Å². The second-order valence-corrected chi connectivity index (χ2v) is 10.0. The van der Waals surface area contributed by atoms with Crippen LogP contribution in [0.25, 0.3) is 16.0 Å². The van der Waals surface area contributed by atoms with E-state index in [1.807, 2.05) is 74.4 Å². The number of nitrogens with zero attached hydrogens (tertiary/aromatic N) is 3. The molecule has 0 saturated carbocycles. The van der Waals surface area contributed by atoms with Gasteiger partial charge >= 0.3 is 5.91 Å². The highest BCUT2D eigenvalue weighted by molar-refractivity contribution is 7.22. The highest BCUT2D eigenvalue weighted by Gasteiger charge is 2.48. The number of thiazole rings is 1. The van der Waals surface area contributed by atoms with Gasteiger partial charge in [-0.05, 0) is 48.4 Å². The van der Waals surface area contributed by atoms with Crippen LogP contribution in [-0.2, 0) is 9.59 Å². The van der Waals surface area contributed by atoms with Crippen molar-refractivity contribution < 1.29 is 19.4 Å². The third-order valence-electron chi connectivity index (χ3n) is 6.24. The number of ketones is 1. The van der Waals surface area contributed by atoms with E-state index >= 15 is 0 Å². The van der Waals surface area contributed by atoms with Crippen LogP contribution < -0.4 is 14.5 Å². The van der Waals surface area contributed by atoms with Gasteiger partial charge in [-0.15, -0.1) is 0 Å². The van der Waals surface area contributed by atoms with E-state index in [1.54, 1.807) is 24.3 Å². The zero-order valence-corrected chi connectivity index (χ0v) is 21.7. The minimum atomic E-state index is -0.836. The molecule has 7 nitrogen and oxygen atoms in total. The monoisotopic (exact) mass is 513 g/mol. The number of fused-ring (bicyclic) bond motifs is 1. The molecule has 1 N–H and O–H groups in total. The minimum Gasteiger partial charge on any atom is -0.507 e. The molecular formula is C29H27N3O4S. The highest BCUT2D eigenvalue weighted by Crippen LogP contribution is 2.44. The lowest BCUT2D eigenvalue weighted by atomic mass is 9.95. The number of para-hydroxylation sites is 1. The Kier molecular flexibility index (Phi) is 6.67. The van der Waals surface area contributed by atoms with Crippen LogP contribution >= 0.6 is 11.3 Å². The van der Waals surface area contributed by atoms with E-state index in [1.165, 1.54) is 16.2 Å². The fraction of sp³-hybridized carbons (Fsp3) is 0.207. The molecule has 188 valence electrons. The summed E-state index contributed by atoms with van der Waals surface area (Å²) in [5.41, 5.74) is 2.85. The Morgan fingerprint density at radius 3 is 2.51 bits per heavy atom. The van der Waals surface area contributed by atoms with Crippen molar-refractivity contribution in [3.8, 4) is 5.75 Å². The van der Waals surface area contributed by atoms with E-state index < -0.39 is 17.7 Å². The van der Waals surface area contributed by atoms with Crippen molar-refractivity contribution in [3.05, 3.63) is 89.5 Å². The summed E-state index contributed by atoms with van der Waals surface area (Å²) in [5.74, 6) is -1.14. The number of ether oxygens (including phenoxy) is 1. The summed E-state index contributed by atoms with van der Waals surface area (Å²) in [5, 5.41) is 11.8. The van der Waals surface area contributed by atoms with Gasteiger partial charge < -0.3 is 14.7 Å². The molecule has 1 aliphatic rings. The van der Waals surface area contributed by atoms with Gasteiger partial charge in [0.05, 0.1) is 28.4 Å². The fourth-order valence-electron chi connectivity index (χ4n) is 4.37. The van der Waals surface area contributed by atoms with Crippen molar-refractivity contribution in [3.63, 3.8) is 0 Å². The summed E-state index contributed by atoms with van der Waals surface area (Å²) in [7, 11) is 3.88. The first-order chi connectivity index (χ1) is 17.9. The van der Waals surface area contributed by atoms with Crippen molar-refractivity contribution in [2.75, 3.05) is 30.5 Å². The van der Waals surface area contributed by atoms with Gasteiger partial charge in [0.1, 0.15) is 11.5 Å². The van der Waals surface area contributed by atoms with Crippen LogP contribution in [0.4, 0.5) is 10.8 Å². The lowest BCUT2D eigenvalue weighted by Gasteiger charge is -2.23. The molecule has 2 heterocycles. The molecule has 1 aliphatic heterocycles. The van der Waals surface area contributed by atoms with E-state index in [0.29, 0.717) is 28.6 Å². The number of hydrogen-bond donors (Lipinski definition) is 1. The number of aliphatic hydroxyl groups excluding tert-OH is 1. The normalized spacial score (nSPS) is 16.9. The number of carbonyl (C=O) groups excluding carboxylic acids is 2. The molecule has 37 heavy (non-hydrogen) atoms. The van der Waals surface area contributed by atoms with Crippen LogP contribution in [0.5, 0.6) is 5.75 Å². The summed E-state index contributed by atoms with van der Waals surface area (Å²) < 4.78 is 6.62. The maximum Gasteiger partial charge on any atom is 0.301 e. The lowest BCUT2D eigenvalue weighted by molar-refractivity contribution is -0.132. The highest BCUT2D eigenvalue weighted by atomic mass is 32.1. The number of Topliss-reactive ketones (excluding diaryl/α,β-unsaturated/α-hetero) is 1. The summed E-state index contributed by atoms with van der Waals surface area (Å²) >= 11 is 1.34. The van der Waals surface area contributed by atoms with Crippen molar-refractivity contribution in [2.24, 2.45) is 0 Å². The molecule has 0 aliphatic carbocycles. The largest absolute Gasteiger partial charge is 0.507 e. The maximum absolute atomic E-state index is 13.5. The Morgan fingerprint density at radius 1 is 1.05 bits per heavy atom. The number of rotatable bonds is 7. The van der Waals surface area contributed by atoms with Gasteiger partial charge in [0.25, 0.3) is 5.78 Å². The van der Waals surface area contributed by atoms with Gasteiger partial charge in [0.2, 0.25) is 0 Å². The topological polar surface area (TPSA) is 83.0 Å². The van der Waals surface area contributed by atoms with Crippen molar-refractivity contribution in [1.29, 1.82) is 0 Å². The van der Waals surface area contributed by atoms with Crippen molar-refractivity contribution >= 4 is 49.8 Å². The van der Waals surface area contributed by atoms with Gasteiger partial charge in [-0.2, -0.15) is 0 Å². The zero-order chi connectivity index (χ0) is 26.1. The van der Waals surface area contributed by atoms with Crippen LogP contribution in [0.2, 0.25) is 0 Å². The number of anilines is 2. The van der Waals surface area contributed by atoms with Crippen LogP contribution in [0.3, 0.4) is 0 Å². The van der Waals surface area contributed by atoms with Crippen LogP contribution in [0, 0.1) is 0 Å². The molecule has 1 atom stereocenters. The Balaban J connectivity index is 1.67. The Hall–Kier alpha value is -4.17. The first-order valence-electron chi connectivity index (χ1n) is 12.1. The second-order valence-electron chi connectivity index (χ2n) is 9.00.